The molecule has 0 spiro atoms. The van der Waals surface area contributed by atoms with Crippen molar-refractivity contribution >= 4 is 110 Å². The molecule has 298 valence electrons. The molecule has 0 saturated heterocycles. The van der Waals surface area contributed by atoms with Gasteiger partial charge in [0.2, 0.25) is 0 Å². The van der Waals surface area contributed by atoms with E-state index in [0.29, 0.717) is 5.92 Å². The standard InChI is InChI=1S/C58H44N2O2/c1-34(2)40-31-38-26-28-45-51(59(47-19-9-6-14-36(47)4)48-20-12-17-43-41-15-7-10-22-53(41)61-57(43)48)33-52(46-29-27-39(32-40)55(38)56(45)46)60(50-30-35(3)24-25-37(50)5)49-21-13-18-44-42-16-8-11-23-54(42)62-58(44)49/h6-34H,1-5H3. The van der Waals surface area contributed by atoms with Gasteiger partial charge in [-0.15, -0.1) is 0 Å². The van der Waals surface area contributed by atoms with Gasteiger partial charge < -0.3 is 18.6 Å². The van der Waals surface area contributed by atoms with E-state index in [2.05, 4.69) is 202 Å². The molecule has 0 radical (unpaired) electrons. The molecule has 12 rings (SSSR count). The van der Waals surface area contributed by atoms with Crippen molar-refractivity contribution in [1.29, 1.82) is 0 Å². The molecule has 0 fully saturated rings. The molecule has 0 aliphatic carbocycles. The first-order chi connectivity index (χ1) is 30.3. The minimum atomic E-state index is 0.396. The predicted octanol–water partition coefficient (Wildman–Crippen LogP) is 17.4. The third-order valence-corrected chi connectivity index (χ3v) is 13.1. The largest absolute Gasteiger partial charge is 0.454 e. The van der Waals surface area contributed by atoms with E-state index < -0.39 is 0 Å². The fraction of sp³-hybridized carbons (Fsp3) is 0.103. The fourth-order valence-electron chi connectivity index (χ4n) is 9.98. The van der Waals surface area contributed by atoms with Crippen molar-refractivity contribution in [2.24, 2.45) is 0 Å². The number of hydrogen-bond acceptors (Lipinski definition) is 4. The van der Waals surface area contributed by atoms with E-state index in [1.807, 2.05) is 12.1 Å². The Balaban J connectivity index is 1.27. The molecule has 10 aromatic carbocycles. The second-order valence-electron chi connectivity index (χ2n) is 17.3. The number of aryl methyl sites for hydroxylation is 3. The van der Waals surface area contributed by atoms with Crippen LogP contribution < -0.4 is 9.80 Å². The number of benzene rings is 10. The van der Waals surface area contributed by atoms with E-state index in [9.17, 15) is 0 Å². The lowest BCUT2D eigenvalue weighted by molar-refractivity contribution is 0.669. The summed E-state index contributed by atoms with van der Waals surface area (Å²) in [5, 5.41) is 11.7. The Hall–Kier alpha value is -7.56. The van der Waals surface area contributed by atoms with Crippen molar-refractivity contribution in [1.82, 2.24) is 0 Å². The van der Waals surface area contributed by atoms with Crippen LogP contribution in [0.5, 0.6) is 0 Å². The monoisotopic (exact) mass is 800 g/mol. The molecule has 0 unspecified atom stereocenters. The summed E-state index contributed by atoms with van der Waals surface area (Å²) in [5.74, 6) is 0.396. The number of anilines is 6. The normalized spacial score (nSPS) is 12.1. The van der Waals surface area contributed by atoms with Gasteiger partial charge in [-0.3, -0.25) is 0 Å². The summed E-state index contributed by atoms with van der Waals surface area (Å²) < 4.78 is 13.7. The van der Waals surface area contributed by atoms with Crippen LogP contribution in [0, 0.1) is 20.8 Å². The van der Waals surface area contributed by atoms with Crippen LogP contribution in [0.1, 0.15) is 42.0 Å². The smallest absolute Gasteiger partial charge is 0.159 e. The van der Waals surface area contributed by atoms with Gasteiger partial charge in [-0.25, -0.2) is 0 Å². The topological polar surface area (TPSA) is 32.8 Å². The highest BCUT2D eigenvalue weighted by Gasteiger charge is 2.29. The summed E-state index contributed by atoms with van der Waals surface area (Å²) in [4.78, 5) is 4.90. The minimum Gasteiger partial charge on any atom is -0.454 e. The van der Waals surface area contributed by atoms with Crippen LogP contribution in [-0.2, 0) is 0 Å². The summed E-state index contributed by atoms with van der Waals surface area (Å²) in [7, 11) is 0. The number of para-hydroxylation sites is 5. The van der Waals surface area contributed by atoms with Crippen molar-refractivity contribution in [2.45, 2.75) is 40.5 Å². The number of rotatable bonds is 7. The molecule has 0 amide bonds. The van der Waals surface area contributed by atoms with Crippen LogP contribution >= 0.6 is 0 Å². The van der Waals surface area contributed by atoms with E-state index in [4.69, 9.17) is 8.83 Å². The van der Waals surface area contributed by atoms with Crippen molar-refractivity contribution in [2.75, 3.05) is 9.80 Å². The molecule has 0 aliphatic heterocycles. The van der Waals surface area contributed by atoms with Crippen molar-refractivity contribution in [3.05, 3.63) is 192 Å². The zero-order chi connectivity index (χ0) is 41.8. The van der Waals surface area contributed by atoms with Gasteiger partial charge in [0.25, 0.3) is 0 Å². The molecule has 0 saturated carbocycles. The van der Waals surface area contributed by atoms with Crippen molar-refractivity contribution in [3.8, 4) is 0 Å². The second-order valence-corrected chi connectivity index (χ2v) is 17.3. The van der Waals surface area contributed by atoms with Crippen LogP contribution in [0.25, 0.3) is 76.2 Å². The number of furan rings is 2. The maximum absolute atomic E-state index is 6.88. The molecule has 0 bridgehead atoms. The molecule has 2 heterocycles. The van der Waals surface area contributed by atoms with Crippen molar-refractivity contribution < 1.29 is 8.83 Å². The summed E-state index contributed by atoms with van der Waals surface area (Å²) in [6, 6.07) is 61.9. The Kier molecular flexibility index (Phi) is 8.04. The molecular formula is C58H44N2O2. The molecular weight excluding hydrogens is 757 g/mol. The second kappa shape index (κ2) is 13.7. The Morgan fingerprint density at radius 3 is 1.45 bits per heavy atom. The van der Waals surface area contributed by atoms with E-state index in [0.717, 1.165) is 83.6 Å². The van der Waals surface area contributed by atoms with E-state index >= 15 is 0 Å². The van der Waals surface area contributed by atoms with Gasteiger partial charge >= 0.3 is 0 Å². The van der Waals surface area contributed by atoms with Gasteiger partial charge in [-0.2, -0.15) is 0 Å². The SMILES string of the molecule is Cc1ccc(C)c(N(c2cc(N(c3ccccc3C)c3cccc4c3oc3ccccc34)c3ccc4cc(C(C)C)cc5ccc2c3c45)c2cccc3c2oc2ccccc23)c1. The van der Waals surface area contributed by atoms with Crippen LogP contribution in [0.3, 0.4) is 0 Å². The minimum absolute atomic E-state index is 0.396. The number of fused-ring (bicyclic) bond motifs is 6. The van der Waals surface area contributed by atoms with E-state index in [1.54, 1.807) is 0 Å². The summed E-state index contributed by atoms with van der Waals surface area (Å²) in [5.41, 5.74) is 14.6. The first-order valence-corrected chi connectivity index (χ1v) is 21.6. The lowest BCUT2D eigenvalue weighted by Gasteiger charge is -2.33. The molecule has 0 aliphatic rings. The molecule has 4 heteroatoms. The number of hydrogen-bond donors (Lipinski definition) is 0. The first kappa shape index (κ1) is 36.3. The first-order valence-electron chi connectivity index (χ1n) is 21.6. The van der Waals surface area contributed by atoms with Crippen LogP contribution in [0.2, 0.25) is 0 Å². The van der Waals surface area contributed by atoms with Crippen LogP contribution in [0.15, 0.2) is 179 Å². The third-order valence-electron chi connectivity index (χ3n) is 13.1. The lowest BCUT2D eigenvalue weighted by atomic mass is 9.88. The van der Waals surface area contributed by atoms with E-state index in [-0.39, 0.29) is 0 Å². The van der Waals surface area contributed by atoms with Gasteiger partial charge in [0, 0.05) is 49.1 Å². The number of nitrogens with zero attached hydrogens (tertiary/aromatic N) is 2. The average molecular weight is 801 g/mol. The highest BCUT2D eigenvalue weighted by molar-refractivity contribution is 6.29. The highest BCUT2D eigenvalue weighted by Crippen LogP contribution is 2.53. The zero-order valence-corrected chi connectivity index (χ0v) is 35.5. The summed E-state index contributed by atoms with van der Waals surface area (Å²) in [6.45, 7) is 11.2. The molecule has 0 N–H and O–H groups in total. The van der Waals surface area contributed by atoms with Gasteiger partial charge in [0.1, 0.15) is 11.2 Å². The Bertz CT molecular complexity index is 3720. The van der Waals surface area contributed by atoms with Crippen molar-refractivity contribution in [3.63, 3.8) is 0 Å². The summed E-state index contributed by atoms with van der Waals surface area (Å²) in [6.07, 6.45) is 0. The third kappa shape index (κ3) is 5.39. The van der Waals surface area contributed by atoms with Crippen LogP contribution in [-0.4, -0.2) is 0 Å². The maximum Gasteiger partial charge on any atom is 0.159 e. The lowest BCUT2D eigenvalue weighted by Crippen LogP contribution is -2.16. The summed E-state index contributed by atoms with van der Waals surface area (Å²) >= 11 is 0. The molecule has 0 atom stereocenters. The van der Waals surface area contributed by atoms with Gasteiger partial charge in [0.15, 0.2) is 11.2 Å². The highest BCUT2D eigenvalue weighted by atomic mass is 16.3. The molecule has 4 nitrogen and oxygen atoms in total. The maximum atomic E-state index is 6.88. The Labute approximate surface area is 360 Å². The van der Waals surface area contributed by atoms with Gasteiger partial charge in [-0.05, 0) is 108 Å². The van der Waals surface area contributed by atoms with E-state index in [1.165, 1.54) is 49.0 Å². The predicted molar refractivity (Wildman–Crippen MR) is 262 cm³/mol. The fourth-order valence-corrected chi connectivity index (χ4v) is 9.98. The quantitative estimate of drug-likeness (QED) is 0.150. The molecule has 12 aromatic rings. The average Bonchev–Trinajstić information content (AvgIpc) is 3.87. The zero-order valence-electron chi connectivity index (χ0n) is 35.5. The van der Waals surface area contributed by atoms with Gasteiger partial charge in [0.05, 0.1) is 22.7 Å². The van der Waals surface area contributed by atoms with Crippen LogP contribution in [0.4, 0.5) is 34.1 Å². The Morgan fingerprint density at radius 2 is 0.871 bits per heavy atom. The van der Waals surface area contributed by atoms with Gasteiger partial charge in [-0.1, -0.05) is 141 Å². The molecule has 62 heavy (non-hydrogen) atoms. The molecule has 2 aromatic heterocycles. The Morgan fingerprint density at radius 1 is 0.371 bits per heavy atom.